The maximum absolute atomic E-state index is 13.7. The van der Waals surface area contributed by atoms with Crippen LogP contribution in [0.5, 0.6) is 0 Å². The largest absolute Gasteiger partial charge is 0.466 e. The van der Waals surface area contributed by atoms with Crippen LogP contribution >= 0.6 is 0 Å². The van der Waals surface area contributed by atoms with Crippen LogP contribution in [0.25, 0.3) is 0 Å². The van der Waals surface area contributed by atoms with Gasteiger partial charge in [0.25, 0.3) is 5.69 Å². The minimum atomic E-state index is -5.26. The molecule has 0 unspecified atom stereocenters. The van der Waals surface area contributed by atoms with E-state index in [1.165, 1.54) is 0 Å². The number of rotatable bonds is 8. The van der Waals surface area contributed by atoms with Crippen LogP contribution in [0.3, 0.4) is 0 Å². The number of nitro groups is 1. The Labute approximate surface area is 152 Å². The first kappa shape index (κ1) is 22.2. The fourth-order valence-electron chi connectivity index (χ4n) is 2.01. The van der Waals surface area contributed by atoms with E-state index in [1.807, 2.05) is 0 Å². The molecule has 1 aromatic carbocycles. The second-order valence-electron chi connectivity index (χ2n) is 5.94. The molecular weight excluding hydrogens is 373 g/mol. The Kier molecular flexibility index (Phi) is 7.11. The van der Waals surface area contributed by atoms with Crippen molar-refractivity contribution in [2.75, 3.05) is 12.5 Å². The Balaban J connectivity index is 3.13. The van der Waals surface area contributed by atoms with Crippen molar-refractivity contribution in [2.45, 2.75) is 32.1 Å². The van der Waals surface area contributed by atoms with Gasteiger partial charge in [0.05, 0.1) is 12.0 Å². The molecule has 0 spiro atoms. The van der Waals surface area contributed by atoms with E-state index < -0.39 is 28.6 Å². The van der Waals surface area contributed by atoms with Gasteiger partial charge in [0.15, 0.2) is 0 Å². The smallest absolute Gasteiger partial charge is 0.438 e. The molecule has 0 radical (unpaired) electrons. The molecule has 9 nitrogen and oxygen atoms in total. The molecule has 1 aromatic rings. The quantitative estimate of drug-likeness (QED) is 0.268. The second kappa shape index (κ2) is 8.66. The monoisotopic (exact) mass is 392 g/mol. The molecule has 0 aliphatic rings. The first-order chi connectivity index (χ1) is 12.4. The molecule has 0 bridgehead atoms. The summed E-state index contributed by atoms with van der Waals surface area (Å²) in [7, 11) is 0.741. The van der Waals surface area contributed by atoms with Crippen LogP contribution in [0.15, 0.2) is 24.3 Å². The predicted octanol–water partition coefficient (Wildman–Crippen LogP) is 2.11. The highest BCUT2D eigenvalue weighted by atomic mass is 19.4. The number of non-ortho nitro benzene ring substituents is 1. The molecule has 12 heteroatoms. The number of hydrazine groups is 1. The second-order valence-corrected chi connectivity index (χ2v) is 5.94. The molecule has 1 amide bonds. The third-order valence-corrected chi connectivity index (χ3v) is 3.31. The van der Waals surface area contributed by atoms with Crippen LogP contribution < -0.4 is 16.2 Å². The molecule has 0 aliphatic heterocycles. The lowest BCUT2D eigenvalue weighted by atomic mass is 10.1. The van der Waals surface area contributed by atoms with Crippen molar-refractivity contribution in [1.29, 1.82) is 0 Å². The van der Waals surface area contributed by atoms with E-state index in [4.69, 9.17) is 0 Å². The standard InChI is InChI=1S/C15H19F3N4O5/c1-9(2)8-12(23)19-14(13(24)27-3,15(16,17)18)21-20-10-4-6-11(7-5-10)22(25)26/h4-7,9,20-21H,8H2,1-3H3,(H,19,23)/t14-/m0/s1. The summed E-state index contributed by atoms with van der Waals surface area (Å²) in [5.74, 6) is -3.07. The minimum absolute atomic E-state index is 0.0174. The number of carbonyl (C=O) groups is 2. The number of hydrogen-bond donors (Lipinski definition) is 3. The number of anilines is 1. The number of benzene rings is 1. The first-order valence-corrected chi connectivity index (χ1v) is 7.66. The predicted molar refractivity (Wildman–Crippen MR) is 88.3 cm³/mol. The number of methoxy groups -OCH3 is 1. The molecule has 150 valence electrons. The lowest BCUT2D eigenvalue weighted by molar-refractivity contribution is -0.384. The fraction of sp³-hybridized carbons (Fsp3) is 0.467. The molecule has 1 rings (SSSR count). The van der Waals surface area contributed by atoms with Gasteiger partial charge in [0.2, 0.25) is 5.91 Å². The van der Waals surface area contributed by atoms with Crippen molar-refractivity contribution < 1.29 is 32.4 Å². The zero-order valence-electron chi connectivity index (χ0n) is 14.7. The molecule has 0 heterocycles. The summed E-state index contributed by atoms with van der Waals surface area (Å²) >= 11 is 0. The van der Waals surface area contributed by atoms with Crippen molar-refractivity contribution >= 4 is 23.3 Å². The summed E-state index contributed by atoms with van der Waals surface area (Å²) in [6.45, 7) is 3.24. The molecule has 1 atom stereocenters. The van der Waals surface area contributed by atoms with Crippen LogP contribution in [0, 0.1) is 16.0 Å². The number of alkyl halides is 3. The van der Waals surface area contributed by atoms with Crippen molar-refractivity contribution in [3.63, 3.8) is 0 Å². The number of carbonyl (C=O) groups excluding carboxylic acids is 2. The number of nitrogens with zero attached hydrogens (tertiary/aromatic N) is 1. The van der Waals surface area contributed by atoms with E-state index in [0.29, 0.717) is 0 Å². The van der Waals surface area contributed by atoms with E-state index in [-0.39, 0.29) is 23.7 Å². The zero-order valence-corrected chi connectivity index (χ0v) is 14.7. The molecule has 0 saturated carbocycles. The summed E-state index contributed by atoms with van der Waals surface area (Å²) < 4.78 is 45.2. The van der Waals surface area contributed by atoms with Gasteiger partial charge in [-0.15, -0.1) is 0 Å². The molecule has 0 saturated heterocycles. The number of nitro benzene ring substituents is 1. The lowest BCUT2D eigenvalue weighted by Gasteiger charge is -2.34. The van der Waals surface area contributed by atoms with Crippen LogP contribution in [0.2, 0.25) is 0 Å². The highest BCUT2D eigenvalue weighted by molar-refractivity contribution is 5.88. The third kappa shape index (κ3) is 5.54. The van der Waals surface area contributed by atoms with E-state index in [9.17, 15) is 32.9 Å². The van der Waals surface area contributed by atoms with Gasteiger partial charge in [-0.25, -0.2) is 4.79 Å². The molecule has 3 N–H and O–H groups in total. The molecular formula is C15H19F3N4O5. The van der Waals surface area contributed by atoms with Crippen molar-refractivity contribution in [3.8, 4) is 0 Å². The molecule has 27 heavy (non-hydrogen) atoms. The summed E-state index contributed by atoms with van der Waals surface area (Å²) in [6, 6.07) is 4.35. The van der Waals surface area contributed by atoms with Gasteiger partial charge >= 0.3 is 17.8 Å². The van der Waals surface area contributed by atoms with Gasteiger partial charge in [-0.1, -0.05) is 13.8 Å². The summed E-state index contributed by atoms with van der Waals surface area (Å²) in [4.78, 5) is 33.8. The highest BCUT2D eigenvalue weighted by Gasteiger charge is 2.63. The van der Waals surface area contributed by atoms with Crippen LogP contribution in [-0.2, 0) is 14.3 Å². The summed E-state index contributed by atoms with van der Waals surface area (Å²) in [6.07, 6.45) is -5.52. The normalized spacial score (nSPS) is 13.6. The lowest BCUT2D eigenvalue weighted by Crippen LogP contribution is -2.73. The minimum Gasteiger partial charge on any atom is -0.466 e. The Hall–Kier alpha value is -2.89. The zero-order chi connectivity index (χ0) is 20.8. The van der Waals surface area contributed by atoms with Crippen LogP contribution in [-0.4, -0.2) is 35.7 Å². The van der Waals surface area contributed by atoms with Gasteiger partial charge in [-0.3, -0.25) is 14.9 Å². The van der Waals surface area contributed by atoms with Gasteiger partial charge in [-0.05, 0) is 18.1 Å². The van der Waals surface area contributed by atoms with E-state index in [1.54, 1.807) is 24.6 Å². The van der Waals surface area contributed by atoms with E-state index >= 15 is 0 Å². The molecule has 0 aliphatic carbocycles. The van der Waals surface area contributed by atoms with Crippen molar-refractivity contribution in [1.82, 2.24) is 10.7 Å². The Morgan fingerprint density at radius 2 is 1.78 bits per heavy atom. The number of amides is 1. The van der Waals surface area contributed by atoms with Gasteiger partial charge in [0, 0.05) is 24.2 Å². The summed E-state index contributed by atoms with van der Waals surface area (Å²) in [5, 5.41) is 12.2. The third-order valence-electron chi connectivity index (χ3n) is 3.31. The van der Waals surface area contributed by atoms with E-state index in [0.717, 1.165) is 31.4 Å². The van der Waals surface area contributed by atoms with Crippen LogP contribution in [0.4, 0.5) is 24.5 Å². The molecule has 0 fully saturated rings. The van der Waals surface area contributed by atoms with Crippen molar-refractivity contribution in [2.24, 2.45) is 5.92 Å². The number of esters is 1. The van der Waals surface area contributed by atoms with E-state index in [2.05, 4.69) is 10.2 Å². The van der Waals surface area contributed by atoms with Crippen molar-refractivity contribution in [3.05, 3.63) is 34.4 Å². The Morgan fingerprint density at radius 1 is 1.22 bits per heavy atom. The van der Waals surface area contributed by atoms with Crippen LogP contribution in [0.1, 0.15) is 20.3 Å². The molecule has 0 aromatic heterocycles. The Bertz CT molecular complexity index is 694. The summed E-state index contributed by atoms with van der Waals surface area (Å²) in [5.41, 5.74) is 0.0113. The number of nitrogens with one attached hydrogen (secondary N) is 3. The maximum Gasteiger partial charge on any atom is 0.438 e. The maximum atomic E-state index is 13.7. The van der Waals surface area contributed by atoms with Gasteiger partial charge in [-0.2, -0.15) is 18.6 Å². The fourth-order valence-corrected chi connectivity index (χ4v) is 2.01. The SMILES string of the molecule is COC(=O)[C@@](NNc1ccc([N+](=O)[O-])cc1)(NC(=O)CC(C)C)C(F)(F)F. The highest BCUT2D eigenvalue weighted by Crippen LogP contribution is 2.30. The average molecular weight is 392 g/mol. The van der Waals surface area contributed by atoms with Gasteiger partial charge in [0.1, 0.15) is 0 Å². The number of hydrogen-bond acceptors (Lipinski definition) is 7. The topological polar surface area (TPSA) is 123 Å². The van der Waals surface area contributed by atoms with Gasteiger partial charge < -0.3 is 15.5 Å². The Morgan fingerprint density at radius 3 is 2.19 bits per heavy atom. The number of halogens is 3. The first-order valence-electron chi connectivity index (χ1n) is 7.66. The number of ether oxygens (including phenoxy) is 1. The average Bonchev–Trinajstić information content (AvgIpc) is 2.56.